The van der Waals surface area contributed by atoms with E-state index in [1.165, 1.54) is 4.90 Å². The van der Waals surface area contributed by atoms with Gasteiger partial charge in [-0.25, -0.2) is 0 Å². The van der Waals surface area contributed by atoms with Crippen molar-refractivity contribution >= 4 is 28.7 Å². The number of fused-ring (bicyclic) bond motifs is 3. The molecule has 0 aromatic heterocycles. The Labute approximate surface area is 220 Å². The molecule has 0 aliphatic heterocycles. The van der Waals surface area contributed by atoms with Gasteiger partial charge in [0.2, 0.25) is 5.78 Å². The number of hydrogen-bond donors (Lipinski definition) is 5. The molecule has 1 aromatic rings. The third-order valence-corrected chi connectivity index (χ3v) is 8.57. The molecule has 4 aliphatic carbocycles. The molecule has 0 bridgehead atoms. The van der Waals surface area contributed by atoms with Gasteiger partial charge in [0.15, 0.2) is 11.4 Å². The second-order valence-corrected chi connectivity index (χ2v) is 11.1. The van der Waals surface area contributed by atoms with Crippen LogP contribution in [0.4, 0.5) is 5.69 Å². The Kier molecular flexibility index (Phi) is 5.96. The van der Waals surface area contributed by atoms with Gasteiger partial charge in [-0.15, -0.1) is 0 Å². The number of carbonyl (C=O) groups is 3. The largest absolute Gasteiger partial charge is 0.510 e. The minimum absolute atomic E-state index is 0.0415. The maximum atomic E-state index is 14.0. The van der Waals surface area contributed by atoms with Crippen LogP contribution in [0.2, 0.25) is 0 Å². The SMILES string of the molecule is CN(C)c1cc(C2=CCCC2)c(O)c2c1C[C@H]1C[C@H]3[C@H](N(C)C)C(O)=C(C(N)=O)C(=O)[C@@]3(O)C(O)=C1C2=O. The van der Waals surface area contributed by atoms with Gasteiger partial charge in [-0.3, -0.25) is 19.3 Å². The summed E-state index contributed by atoms with van der Waals surface area (Å²) in [7, 11) is 6.91. The number of aliphatic hydroxyl groups excluding tert-OH is 2. The molecule has 0 saturated carbocycles. The number of benzene rings is 1. The fourth-order valence-electron chi connectivity index (χ4n) is 6.86. The van der Waals surface area contributed by atoms with Gasteiger partial charge in [0.05, 0.1) is 11.6 Å². The van der Waals surface area contributed by atoms with Crippen molar-refractivity contribution in [2.24, 2.45) is 17.6 Å². The highest BCUT2D eigenvalue weighted by Gasteiger charge is 2.63. The second kappa shape index (κ2) is 8.71. The number of allylic oxidation sites excluding steroid dienone is 3. The van der Waals surface area contributed by atoms with Crippen molar-refractivity contribution < 1.29 is 34.8 Å². The van der Waals surface area contributed by atoms with Crippen LogP contribution in [0.1, 0.15) is 47.2 Å². The molecule has 6 N–H and O–H groups in total. The fourth-order valence-corrected chi connectivity index (χ4v) is 6.86. The molecule has 4 aliphatic rings. The third-order valence-electron chi connectivity index (χ3n) is 8.57. The Balaban J connectivity index is 1.75. The average molecular weight is 524 g/mol. The lowest BCUT2D eigenvalue weighted by Gasteiger charge is -2.50. The first-order valence-corrected chi connectivity index (χ1v) is 12.7. The highest BCUT2D eigenvalue weighted by atomic mass is 16.3. The van der Waals surface area contributed by atoms with E-state index in [1.54, 1.807) is 14.1 Å². The van der Waals surface area contributed by atoms with Gasteiger partial charge < -0.3 is 31.1 Å². The molecule has 5 rings (SSSR count). The van der Waals surface area contributed by atoms with E-state index in [0.29, 0.717) is 11.1 Å². The van der Waals surface area contributed by atoms with Crippen molar-refractivity contribution in [2.45, 2.75) is 43.7 Å². The van der Waals surface area contributed by atoms with Gasteiger partial charge in [-0.05, 0) is 69.3 Å². The number of likely N-dealkylation sites (N-methyl/N-ethyl adjacent to an activating group) is 1. The molecule has 0 radical (unpaired) electrons. The summed E-state index contributed by atoms with van der Waals surface area (Å²) in [4.78, 5) is 43.0. The number of rotatable bonds is 4. The average Bonchev–Trinajstić information content (AvgIpc) is 3.35. The third kappa shape index (κ3) is 3.36. The van der Waals surface area contributed by atoms with Crippen molar-refractivity contribution in [2.75, 3.05) is 33.1 Å². The Bertz CT molecular complexity index is 1390. The lowest BCUT2D eigenvalue weighted by atomic mass is 9.58. The van der Waals surface area contributed by atoms with Crippen LogP contribution < -0.4 is 10.6 Å². The molecule has 0 fully saturated rings. The Morgan fingerprint density at radius 2 is 1.82 bits per heavy atom. The summed E-state index contributed by atoms with van der Waals surface area (Å²) in [5.41, 5.74) is 4.69. The van der Waals surface area contributed by atoms with Crippen molar-refractivity contribution in [1.29, 1.82) is 0 Å². The van der Waals surface area contributed by atoms with Gasteiger partial charge in [0.25, 0.3) is 5.91 Å². The van der Waals surface area contributed by atoms with E-state index in [2.05, 4.69) is 0 Å². The molecule has 0 heterocycles. The molecule has 4 atom stereocenters. The molecule has 38 heavy (non-hydrogen) atoms. The maximum Gasteiger partial charge on any atom is 0.255 e. The number of aromatic hydroxyl groups is 1. The zero-order valence-electron chi connectivity index (χ0n) is 21.9. The molecule has 202 valence electrons. The highest BCUT2D eigenvalue weighted by Crippen LogP contribution is 2.54. The minimum Gasteiger partial charge on any atom is -0.510 e. The number of aliphatic hydroxyl groups is 3. The Hall–Kier alpha value is -3.63. The zero-order chi connectivity index (χ0) is 27.8. The predicted molar refractivity (Wildman–Crippen MR) is 140 cm³/mol. The molecule has 0 unspecified atom stereocenters. The number of amides is 1. The van der Waals surface area contributed by atoms with Crippen LogP contribution in [0.5, 0.6) is 5.75 Å². The van der Waals surface area contributed by atoms with E-state index in [4.69, 9.17) is 5.73 Å². The second-order valence-electron chi connectivity index (χ2n) is 11.1. The summed E-state index contributed by atoms with van der Waals surface area (Å²) in [5.74, 6) is -6.42. The summed E-state index contributed by atoms with van der Waals surface area (Å²) in [6, 6.07) is 0.867. The molecule has 0 spiro atoms. The highest BCUT2D eigenvalue weighted by molar-refractivity contribution is 6.25. The summed E-state index contributed by atoms with van der Waals surface area (Å²) in [6.07, 6.45) is 4.93. The molecule has 1 aromatic carbocycles. The number of carbonyl (C=O) groups excluding carboxylic acids is 3. The van der Waals surface area contributed by atoms with Crippen LogP contribution in [-0.2, 0) is 16.0 Å². The molecule has 10 heteroatoms. The van der Waals surface area contributed by atoms with Crippen LogP contribution in [-0.4, -0.2) is 82.6 Å². The number of nitrogens with zero attached hydrogens (tertiary/aromatic N) is 2. The monoisotopic (exact) mass is 523 g/mol. The fraction of sp³-hybridized carbons (Fsp3) is 0.464. The Morgan fingerprint density at radius 3 is 2.37 bits per heavy atom. The van der Waals surface area contributed by atoms with Gasteiger partial charge in [0, 0.05) is 36.8 Å². The van der Waals surface area contributed by atoms with Crippen LogP contribution in [0.25, 0.3) is 5.57 Å². The number of primary amides is 1. The number of phenols is 1. The number of hydrogen-bond acceptors (Lipinski definition) is 9. The van der Waals surface area contributed by atoms with Gasteiger partial charge in [-0.1, -0.05) is 6.08 Å². The quantitative estimate of drug-likeness (QED) is 0.370. The molecular formula is C28H33N3O7. The number of nitrogens with two attached hydrogens (primary N) is 1. The summed E-state index contributed by atoms with van der Waals surface area (Å²) in [6.45, 7) is 0. The topological polar surface area (TPSA) is 165 Å². The van der Waals surface area contributed by atoms with Gasteiger partial charge >= 0.3 is 0 Å². The summed E-state index contributed by atoms with van der Waals surface area (Å²) >= 11 is 0. The molecule has 10 nitrogen and oxygen atoms in total. The molecule has 1 amide bonds. The van der Waals surface area contributed by atoms with E-state index in [1.807, 2.05) is 31.1 Å². The molecular weight excluding hydrogens is 490 g/mol. The first-order chi connectivity index (χ1) is 17.8. The number of Topliss-reactive ketones (excluding diaryl/α,β-unsaturated/α-hetero) is 2. The van der Waals surface area contributed by atoms with E-state index >= 15 is 0 Å². The minimum atomic E-state index is -2.64. The first-order valence-electron chi connectivity index (χ1n) is 12.7. The van der Waals surface area contributed by atoms with E-state index in [0.717, 1.165) is 30.5 Å². The Morgan fingerprint density at radius 1 is 1.13 bits per heavy atom. The summed E-state index contributed by atoms with van der Waals surface area (Å²) < 4.78 is 0. The standard InChI is InChI=1S/C28H33N3O7/c1-30(2)17-11-14(12-7-5-6-8-12)22(32)19-15(17)9-13-10-16-21(31(3)4)24(34)20(27(29)37)26(36)28(16,38)25(35)18(13)23(19)33/h7,11,13,16,21,32,34-35,38H,5-6,8-10H2,1-4H3,(H2,29,37)/t13-,16-,21-,28-/m0/s1. The lowest BCUT2D eigenvalue weighted by Crippen LogP contribution is -2.63. The van der Waals surface area contributed by atoms with Crippen LogP contribution in [0, 0.1) is 11.8 Å². The van der Waals surface area contributed by atoms with Crippen molar-refractivity contribution in [3.05, 3.63) is 51.5 Å². The first kappa shape index (κ1) is 26.0. The number of phenolic OH excluding ortho intramolecular Hbond substituents is 1. The van der Waals surface area contributed by atoms with Crippen LogP contribution in [0.3, 0.4) is 0 Å². The van der Waals surface area contributed by atoms with Crippen LogP contribution >= 0.6 is 0 Å². The zero-order valence-corrected chi connectivity index (χ0v) is 21.9. The van der Waals surface area contributed by atoms with E-state index in [-0.39, 0.29) is 29.7 Å². The van der Waals surface area contributed by atoms with E-state index in [9.17, 15) is 34.8 Å². The van der Waals surface area contributed by atoms with E-state index < -0.39 is 58.0 Å². The molecule has 0 saturated heterocycles. The smallest absolute Gasteiger partial charge is 0.255 e. The maximum absolute atomic E-state index is 14.0. The van der Waals surface area contributed by atoms with Crippen LogP contribution in [0.15, 0.2) is 34.8 Å². The lowest BCUT2D eigenvalue weighted by molar-refractivity contribution is -0.148. The van der Waals surface area contributed by atoms with Crippen molar-refractivity contribution in [1.82, 2.24) is 4.90 Å². The van der Waals surface area contributed by atoms with Crippen molar-refractivity contribution in [3.8, 4) is 5.75 Å². The number of ketones is 2. The number of anilines is 1. The van der Waals surface area contributed by atoms with Gasteiger partial charge in [-0.2, -0.15) is 0 Å². The van der Waals surface area contributed by atoms with Crippen molar-refractivity contribution in [3.63, 3.8) is 0 Å². The van der Waals surface area contributed by atoms with Gasteiger partial charge in [0.1, 0.15) is 22.8 Å². The summed E-state index contributed by atoms with van der Waals surface area (Å²) in [5, 5.41) is 45.4. The predicted octanol–water partition coefficient (Wildman–Crippen LogP) is 1.75. The normalized spacial score (nSPS) is 28.8.